The number of rotatable bonds is 7. The first-order chi connectivity index (χ1) is 9.17. The number of amides is 2. The minimum Gasteiger partial charge on any atom is -0.489 e. The number of carbonyl (C=O) groups excluding carboxylic acids is 1. The molecule has 5 heteroatoms. The zero-order valence-electron chi connectivity index (χ0n) is 11.1. The van der Waals surface area contributed by atoms with E-state index in [0.717, 1.165) is 11.3 Å². The summed E-state index contributed by atoms with van der Waals surface area (Å²) < 4.78 is 5.49. The monoisotopic (exact) mass is 264 g/mol. The summed E-state index contributed by atoms with van der Waals surface area (Å²) in [6, 6.07) is 6.89. The molecule has 3 N–H and O–H groups in total. The molecular formula is C14H20N2O3. The first-order valence-corrected chi connectivity index (χ1v) is 6.14. The van der Waals surface area contributed by atoms with E-state index >= 15 is 0 Å². The number of hydrogen-bond donors (Lipinski definition) is 3. The van der Waals surface area contributed by atoms with Gasteiger partial charge >= 0.3 is 6.03 Å². The first-order valence-electron chi connectivity index (χ1n) is 6.14. The summed E-state index contributed by atoms with van der Waals surface area (Å²) in [5, 5.41) is 14.2. The van der Waals surface area contributed by atoms with Crippen LogP contribution >= 0.6 is 0 Å². The summed E-state index contributed by atoms with van der Waals surface area (Å²) in [7, 11) is 0. The van der Waals surface area contributed by atoms with E-state index in [1.165, 1.54) is 0 Å². The van der Waals surface area contributed by atoms with Crippen molar-refractivity contribution in [2.45, 2.75) is 19.5 Å². The van der Waals surface area contributed by atoms with Gasteiger partial charge in [0.1, 0.15) is 12.4 Å². The van der Waals surface area contributed by atoms with Crippen molar-refractivity contribution in [1.82, 2.24) is 10.6 Å². The molecule has 0 bridgehead atoms. The third-order valence-electron chi connectivity index (χ3n) is 2.42. The fourth-order valence-corrected chi connectivity index (χ4v) is 1.44. The topological polar surface area (TPSA) is 70.6 Å². The van der Waals surface area contributed by atoms with Crippen molar-refractivity contribution in [3.63, 3.8) is 0 Å². The van der Waals surface area contributed by atoms with Crippen LogP contribution in [0.5, 0.6) is 5.75 Å². The lowest BCUT2D eigenvalue weighted by atomic mass is 10.2. The zero-order chi connectivity index (χ0) is 14.1. The molecule has 19 heavy (non-hydrogen) atoms. The molecule has 1 atom stereocenters. The molecule has 0 fully saturated rings. The number of aliphatic hydroxyl groups is 1. The number of hydrogen-bond acceptors (Lipinski definition) is 3. The number of ether oxygens (including phenoxy) is 1. The van der Waals surface area contributed by atoms with E-state index in [-0.39, 0.29) is 18.7 Å². The van der Waals surface area contributed by atoms with E-state index in [4.69, 9.17) is 9.84 Å². The second kappa shape index (κ2) is 8.16. The lowest BCUT2D eigenvalue weighted by Gasteiger charge is -2.14. The highest BCUT2D eigenvalue weighted by molar-refractivity contribution is 5.74. The van der Waals surface area contributed by atoms with Crippen LogP contribution in [0.3, 0.4) is 0 Å². The fourth-order valence-electron chi connectivity index (χ4n) is 1.44. The maximum Gasteiger partial charge on any atom is 0.315 e. The molecule has 2 amide bonds. The van der Waals surface area contributed by atoms with Crippen molar-refractivity contribution in [2.24, 2.45) is 0 Å². The summed E-state index contributed by atoms with van der Waals surface area (Å²) in [4.78, 5) is 11.5. The van der Waals surface area contributed by atoms with E-state index in [0.29, 0.717) is 13.2 Å². The highest BCUT2D eigenvalue weighted by atomic mass is 16.5. The summed E-state index contributed by atoms with van der Waals surface area (Å²) >= 11 is 0. The van der Waals surface area contributed by atoms with Gasteiger partial charge in [0.15, 0.2) is 0 Å². The van der Waals surface area contributed by atoms with Crippen LogP contribution in [0.2, 0.25) is 0 Å². The van der Waals surface area contributed by atoms with Gasteiger partial charge < -0.3 is 20.5 Å². The van der Waals surface area contributed by atoms with Crippen molar-refractivity contribution in [1.29, 1.82) is 0 Å². The molecule has 104 valence electrons. The van der Waals surface area contributed by atoms with Crippen LogP contribution in [-0.2, 0) is 6.54 Å². The third-order valence-corrected chi connectivity index (χ3v) is 2.42. The van der Waals surface area contributed by atoms with Crippen molar-refractivity contribution in [3.8, 4) is 5.75 Å². The van der Waals surface area contributed by atoms with Gasteiger partial charge in [-0.1, -0.05) is 30.9 Å². The number of carbonyl (C=O) groups is 1. The summed E-state index contributed by atoms with van der Waals surface area (Å²) in [5.41, 5.74) is 0.885. The van der Waals surface area contributed by atoms with E-state index < -0.39 is 0 Å². The first kappa shape index (κ1) is 15.0. The number of aliphatic hydroxyl groups excluding tert-OH is 1. The molecule has 0 aromatic heterocycles. The van der Waals surface area contributed by atoms with Gasteiger partial charge in [0, 0.05) is 12.1 Å². The Morgan fingerprint density at radius 3 is 2.95 bits per heavy atom. The Balaban J connectivity index is 2.52. The largest absolute Gasteiger partial charge is 0.489 e. The van der Waals surface area contributed by atoms with Gasteiger partial charge in [0.2, 0.25) is 0 Å². The van der Waals surface area contributed by atoms with Crippen LogP contribution in [0.15, 0.2) is 36.9 Å². The maximum atomic E-state index is 11.5. The van der Waals surface area contributed by atoms with Crippen LogP contribution in [0, 0.1) is 0 Å². The molecule has 0 saturated carbocycles. The molecule has 0 radical (unpaired) electrons. The average Bonchev–Trinajstić information content (AvgIpc) is 2.43. The van der Waals surface area contributed by atoms with Crippen molar-refractivity contribution >= 4 is 6.03 Å². The van der Waals surface area contributed by atoms with Crippen molar-refractivity contribution in [2.75, 3.05) is 13.2 Å². The third kappa shape index (κ3) is 5.44. The predicted molar refractivity (Wildman–Crippen MR) is 74.1 cm³/mol. The normalized spacial score (nSPS) is 11.5. The van der Waals surface area contributed by atoms with Crippen LogP contribution in [-0.4, -0.2) is 30.4 Å². The van der Waals surface area contributed by atoms with Crippen LogP contribution in [0.25, 0.3) is 0 Å². The second-order valence-corrected chi connectivity index (χ2v) is 4.12. The minimum absolute atomic E-state index is 0.0908. The zero-order valence-corrected chi connectivity index (χ0v) is 11.1. The van der Waals surface area contributed by atoms with Gasteiger partial charge in [-0.15, -0.1) is 0 Å². The van der Waals surface area contributed by atoms with Gasteiger partial charge in [-0.3, -0.25) is 0 Å². The van der Waals surface area contributed by atoms with E-state index in [1.807, 2.05) is 24.3 Å². The molecule has 0 spiro atoms. The van der Waals surface area contributed by atoms with Crippen molar-refractivity contribution < 1.29 is 14.6 Å². The molecular weight excluding hydrogens is 244 g/mol. The molecule has 1 rings (SSSR count). The molecule has 5 nitrogen and oxygen atoms in total. The molecule has 1 aromatic carbocycles. The Morgan fingerprint density at radius 1 is 1.53 bits per heavy atom. The Labute approximate surface area is 113 Å². The fraction of sp³-hybridized carbons (Fsp3) is 0.357. The summed E-state index contributed by atoms with van der Waals surface area (Å²) in [5.74, 6) is 0.720. The highest BCUT2D eigenvalue weighted by Gasteiger charge is 2.07. The van der Waals surface area contributed by atoms with E-state index in [1.54, 1.807) is 13.0 Å². The molecule has 0 aliphatic heterocycles. The van der Waals surface area contributed by atoms with Gasteiger partial charge in [-0.2, -0.15) is 0 Å². The van der Waals surface area contributed by atoms with E-state index in [9.17, 15) is 4.79 Å². The number of nitrogens with one attached hydrogen (secondary N) is 2. The Bertz CT molecular complexity index is 421. The van der Waals surface area contributed by atoms with Gasteiger partial charge in [0.25, 0.3) is 0 Å². The second-order valence-electron chi connectivity index (χ2n) is 4.12. The smallest absolute Gasteiger partial charge is 0.315 e. The van der Waals surface area contributed by atoms with Crippen molar-refractivity contribution in [3.05, 3.63) is 42.5 Å². The van der Waals surface area contributed by atoms with Crippen LogP contribution in [0.1, 0.15) is 12.5 Å². The lowest BCUT2D eigenvalue weighted by Crippen LogP contribution is -2.41. The number of urea groups is 1. The van der Waals surface area contributed by atoms with Crippen LogP contribution < -0.4 is 15.4 Å². The Kier molecular flexibility index (Phi) is 6.46. The maximum absolute atomic E-state index is 11.5. The number of para-hydroxylation sites is 1. The Hall–Kier alpha value is -2.01. The SMILES string of the molecule is C=CCOc1ccccc1CNC(=O)N[C@@H](C)CO. The van der Waals surface area contributed by atoms with Gasteiger partial charge in [-0.25, -0.2) is 4.79 Å². The quantitative estimate of drug-likeness (QED) is 0.652. The molecule has 0 unspecified atom stereocenters. The highest BCUT2D eigenvalue weighted by Crippen LogP contribution is 2.17. The summed E-state index contributed by atoms with van der Waals surface area (Å²) in [6.07, 6.45) is 1.67. The molecule has 0 aliphatic rings. The summed E-state index contributed by atoms with van der Waals surface area (Å²) in [6.45, 7) is 6.01. The average molecular weight is 264 g/mol. The van der Waals surface area contributed by atoms with E-state index in [2.05, 4.69) is 17.2 Å². The Morgan fingerprint density at radius 2 is 2.26 bits per heavy atom. The lowest BCUT2D eigenvalue weighted by molar-refractivity contribution is 0.220. The predicted octanol–water partition coefficient (Wildman–Crippen LogP) is 1.43. The molecule has 0 aliphatic carbocycles. The number of benzene rings is 1. The standard InChI is InChI=1S/C14H20N2O3/c1-3-8-19-13-7-5-4-6-12(13)9-15-14(18)16-11(2)10-17/h3-7,11,17H,1,8-10H2,2H3,(H2,15,16,18)/t11-/m0/s1. The van der Waals surface area contributed by atoms with Gasteiger partial charge in [-0.05, 0) is 13.0 Å². The molecule has 0 heterocycles. The molecule has 0 saturated heterocycles. The van der Waals surface area contributed by atoms with Crippen LogP contribution in [0.4, 0.5) is 4.79 Å². The van der Waals surface area contributed by atoms with Gasteiger partial charge in [0.05, 0.1) is 12.6 Å². The molecule has 1 aromatic rings. The minimum atomic E-state index is -0.319.